The molecule has 4 rings (SSSR count). The third-order valence-corrected chi connectivity index (χ3v) is 4.40. The minimum absolute atomic E-state index is 1.23. The van der Waals surface area contributed by atoms with Gasteiger partial charge in [0.05, 0.1) is 0 Å². The van der Waals surface area contributed by atoms with Crippen LogP contribution in [0.5, 0.6) is 0 Å². The van der Waals surface area contributed by atoms with Crippen molar-refractivity contribution < 1.29 is 0 Å². The molecule has 25 heavy (non-hydrogen) atoms. The van der Waals surface area contributed by atoms with E-state index in [0.29, 0.717) is 0 Å². The molecule has 0 saturated carbocycles. The van der Waals surface area contributed by atoms with Crippen LogP contribution in [0.3, 0.4) is 0 Å². The van der Waals surface area contributed by atoms with E-state index in [9.17, 15) is 0 Å². The maximum absolute atomic E-state index is 2.28. The molecule has 0 aromatic heterocycles. The van der Waals surface area contributed by atoms with Gasteiger partial charge in [0, 0.05) is 0 Å². The van der Waals surface area contributed by atoms with Crippen molar-refractivity contribution in [2.24, 2.45) is 0 Å². The van der Waals surface area contributed by atoms with Crippen molar-refractivity contribution in [2.75, 3.05) is 0 Å². The quantitative estimate of drug-likeness (QED) is 0.480. The van der Waals surface area contributed by atoms with Crippen molar-refractivity contribution in [3.05, 3.63) is 109 Å². The van der Waals surface area contributed by atoms with Gasteiger partial charge in [0.1, 0.15) is 0 Å². The Balaban J connectivity index is 1.76. The maximum atomic E-state index is 2.28. The molecule has 0 heterocycles. The Bertz CT molecular complexity index is 878. The Kier molecular flexibility index (Phi) is 4.47. The zero-order valence-electron chi connectivity index (χ0n) is 14.0. The van der Waals surface area contributed by atoms with Gasteiger partial charge in [-0.05, 0) is 22.3 Å². The Hall–Kier alpha value is -3.06. The Morgan fingerprint density at radius 1 is 0.360 bits per heavy atom. The third kappa shape index (κ3) is 3.41. The van der Waals surface area contributed by atoms with Gasteiger partial charge in [-0.1, -0.05) is 120 Å². The predicted octanol–water partition coefficient (Wildman–Crippen LogP) is 4.68. The highest BCUT2D eigenvalue weighted by Gasteiger charge is 2.10. The standard InChI is InChI=1S/C24H18B/c1-3-11-19(12-4-1)21-15-7-9-17-23(21)25-24-18-10-8-16-22(24)20-13-5-2-6-14-20/h1-18H. The van der Waals surface area contributed by atoms with Gasteiger partial charge in [0.15, 0.2) is 7.28 Å². The fourth-order valence-electron chi connectivity index (χ4n) is 3.17. The van der Waals surface area contributed by atoms with Crippen LogP contribution in [0.1, 0.15) is 0 Å². The summed E-state index contributed by atoms with van der Waals surface area (Å²) in [6.45, 7) is 0. The van der Waals surface area contributed by atoms with Crippen LogP contribution in [0.4, 0.5) is 0 Å². The lowest BCUT2D eigenvalue weighted by molar-refractivity contribution is 1.64. The van der Waals surface area contributed by atoms with E-state index < -0.39 is 0 Å². The van der Waals surface area contributed by atoms with Gasteiger partial charge in [0.2, 0.25) is 0 Å². The van der Waals surface area contributed by atoms with Crippen LogP contribution in [-0.4, -0.2) is 7.28 Å². The SMILES string of the molecule is [B](c1ccccc1-c1ccccc1)c1ccccc1-c1ccccc1. The number of rotatable bonds is 4. The molecule has 0 N–H and O–H groups in total. The second-order valence-electron chi connectivity index (χ2n) is 6.05. The second-order valence-corrected chi connectivity index (χ2v) is 6.05. The van der Waals surface area contributed by atoms with Crippen molar-refractivity contribution in [3.63, 3.8) is 0 Å². The van der Waals surface area contributed by atoms with Crippen LogP contribution in [0.2, 0.25) is 0 Å². The van der Waals surface area contributed by atoms with Gasteiger partial charge < -0.3 is 0 Å². The second kappa shape index (κ2) is 7.23. The minimum atomic E-state index is 1.23. The summed E-state index contributed by atoms with van der Waals surface area (Å²) < 4.78 is 0. The first-order valence-corrected chi connectivity index (χ1v) is 8.55. The molecule has 4 aromatic carbocycles. The first kappa shape index (κ1) is 15.5. The summed E-state index contributed by atoms with van der Waals surface area (Å²) in [5.74, 6) is 0. The van der Waals surface area contributed by atoms with Gasteiger partial charge in [-0.15, -0.1) is 0 Å². The molecule has 0 fully saturated rings. The van der Waals surface area contributed by atoms with E-state index in [2.05, 4.69) is 116 Å². The van der Waals surface area contributed by atoms with Gasteiger partial charge in [-0.25, -0.2) is 0 Å². The summed E-state index contributed by atoms with van der Waals surface area (Å²) in [5, 5.41) is 0. The van der Waals surface area contributed by atoms with E-state index >= 15 is 0 Å². The lowest BCUT2D eigenvalue weighted by Crippen LogP contribution is -2.30. The van der Waals surface area contributed by atoms with E-state index in [-0.39, 0.29) is 0 Å². The minimum Gasteiger partial charge on any atom is -0.0737 e. The highest BCUT2D eigenvalue weighted by Crippen LogP contribution is 2.18. The molecule has 0 saturated heterocycles. The first-order valence-electron chi connectivity index (χ1n) is 8.55. The molecule has 0 amide bonds. The summed E-state index contributed by atoms with van der Waals surface area (Å²) in [4.78, 5) is 0. The summed E-state index contributed by atoms with van der Waals surface area (Å²) in [6, 6.07) is 38.3. The summed E-state index contributed by atoms with van der Waals surface area (Å²) in [6.07, 6.45) is 0. The molecule has 0 aliphatic heterocycles. The molecule has 0 nitrogen and oxygen atoms in total. The van der Waals surface area contributed by atoms with Crippen LogP contribution in [0.15, 0.2) is 109 Å². The molecule has 0 aliphatic rings. The largest absolute Gasteiger partial charge is 0.193 e. The Labute approximate surface area is 150 Å². The summed E-state index contributed by atoms with van der Waals surface area (Å²) in [5.41, 5.74) is 7.46. The molecule has 0 bridgehead atoms. The normalized spacial score (nSPS) is 10.4. The topological polar surface area (TPSA) is 0 Å². The fraction of sp³-hybridized carbons (Fsp3) is 0. The monoisotopic (exact) mass is 317 g/mol. The number of hydrogen-bond acceptors (Lipinski definition) is 0. The van der Waals surface area contributed by atoms with E-state index in [1.165, 1.54) is 33.2 Å². The average Bonchev–Trinajstić information content (AvgIpc) is 2.70. The lowest BCUT2D eigenvalue weighted by atomic mass is 9.60. The van der Waals surface area contributed by atoms with E-state index in [0.717, 1.165) is 0 Å². The molecular weight excluding hydrogens is 299 g/mol. The Morgan fingerprint density at radius 3 is 1.16 bits per heavy atom. The van der Waals surface area contributed by atoms with Crippen LogP contribution < -0.4 is 10.9 Å². The molecule has 4 aromatic rings. The van der Waals surface area contributed by atoms with Gasteiger partial charge in [0.25, 0.3) is 0 Å². The van der Waals surface area contributed by atoms with Crippen molar-refractivity contribution in [2.45, 2.75) is 0 Å². The zero-order chi connectivity index (χ0) is 16.9. The fourth-order valence-corrected chi connectivity index (χ4v) is 3.17. The highest BCUT2D eigenvalue weighted by atomic mass is 14.1. The third-order valence-electron chi connectivity index (χ3n) is 4.40. The molecule has 0 spiro atoms. The summed E-state index contributed by atoms with van der Waals surface area (Å²) in [7, 11) is 2.28. The predicted molar refractivity (Wildman–Crippen MR) is 109 cm³/mol. The lowest BCUT2D eigenvalue weighted by Gasteiger charge is -2.13. The van der Waals surface area contributed by atoms with Crippen LogP contribution >= 0.6 is 0 Å². The smallest absolute Gasteiger partial charge is 0.0737 e. The van der Waals surface area contributed by atoms with Crippen LogP contribution in [0.25, 0.3) is 22.3 Å². The molecule has 0 atom stereocenters. The van der Waals surface area contributed by atoms with Crippen LogP contribution in [0, 0.1) is 0 Å². The Morgan fingerprint density at radius 2 is 0.720 bits per heavy atom. The maximum Gasteiger partial charge on any atom is 0.193 e. The van der Waals surface area contributed by atoms with Gasteiger partial charge >= 0.3 is 0 Å². The van der Waals surface area contributed by atoms with Crippen molar-refractivity contribution in [1.82, 2.24) is 0 Å². The van der Waals surface area contributed by atoms with E-state index in [1.54, 1.807) is 0 Å². The van der Waals surface area contributed by atoms with E-state index in [1.807, 2.05) is 0 Å². The number of hydrogen-bond donors (Lipinski definition) is 0. The highest BCUT2D eigenvalue weighted by molar-refractivity contribution is 6.70. The summed E-state index contributed by atoms with van der Waals surface area (Å²) >= 11 is 0. The molecule has 0 unspecified atom stereocenters. The van der Waals surface area contributed by atoms with Crippen molar-refractivity contribution >= 4 is 18.2 Å². The first-order chi connectivity index (χ1) is 12.4. The molecular formula is C24H18B. The van der Waals surface area contributed by atoms with Crippen molar-refractivity contribution in [1.29, 1.82) is 0 Å². The van der Waals surface area contributed by atoms with Crippen LogP contribution in [-0.2, 0) is 0 Å². The van der Waals surface area contributed by atoms with E-state index in [4.69, 9.17) is 0 Å². The molecule has 1 heteroatoms. The van der Waals surface area contributed by atoms with Gasteiger partial charge in [-0.2, -0.15) is 0 Å². The molecule has 1 radical (unpaired) electrons. The van der Waals surface area contributed by atoms with Crippen molar-refractivity contribution in [3.8, 4) is 22.3 Å². The zero-order valence-corrected chi connectivity index (χ0v) is 14.0. The number of benzene rings is 4. The average molecular weight is 317 g/mol. The van der Waals surface area contributed by atoms with Gasteiger partial charge in [-0.3, -0.25) is 0 Å². The molecule has 0 aliphatic carbocycles. The molecule has 117 valence electrons.